The Hall–Kier alpha value is -1.07. The van der Waals surface area contributed by atoms with Crippen LogP contribution in [0.4, 0.5) is 8.78 Å². The molecule has 2 rings (SSSR count). The number of alkyl halides is 2. The largest absolute Gasteiger partial charge is 0.486 e. The number of benzene rings is 1. The fourth-order valence-corrected chi connectivity index (χ4v) is 1.95. The lowest BCUT2D eigenvalue weighted by Gasteiger charge is -2.23. The minimum Gasteiger partial charge on any atom is -0.486 e. The van der Waals surface area contributed by atoms with Gasteiger partial charge in [0, 0.05) is 11.6 Å². The number of halogens is 3. The topological polar surface area (TPSA) is 30.5 Å². The fourth-order valence-electron chi connectivity index (χ4n) is 1.66. The quantitative estimate of drug-likeness (QED) is 0.909. The van der Waals surface area contributed by atoms with Crippen molar-refractivity contribution in [3.8, 4) is 11.5 Å². The Morgan fingerprint density at radius 2 is 1.88 bits per heavy atom. The van der Waals surface area contributed by atoms with Crippen LogP contribution < -0.4 is 14.8 Å². The summed E-state index contributed by atoms with van der Waals surface area (Å²) < 4.78 is 38.0. The van der Waals surface area contributed by atoms with Gasteiger partial charge in [0.2, 0.25) is 0 Å². The molecule has 3 nitrogen and oxygen atoms in total. The standard InChI is InChI=1S/C11H12ClF2NO2/c1-15-6-11(13,14)7-4-9-10(5-8(7)12)17-3-2-16-9/h4-5,15H,2-3,6H2,1H3. The van der Waals surface area contributed by atoms with E-state index in [1.807, 2.05) is 0 Å². The Morgan fingerprint density at radius 3 is 2.47 bits per heavy atom. The summed E-state index contributed by atoms with van der Waals surface area (Å²) in [7, 11) is 1.46. The molecule has 0 saturated heterocycles. The number of rotatable bonds is 3. The van der Waals surface area contributed by atoms with Crippen molar-refractivity contribution in [2.24, 2.45) is 0 Å². The van der Waals surface area contributed by atoms with Crippen LogP contribution in [-0.2, 0) is 5.92 Å². The zero-order valence-corrected chi connectivity index (χ0v) is 9.98. The molecule has 0 aromatic heterocycles. The molecule has 0 radical (unpaired) electrons. The van der Waals surface area contributed by atoms with Crippen LogP contribution in [-0.4, -0.2) is 26.8 Å². The number of hydrogen-bond acceptors (Lipinski definition) is 3. The summed E-state index contributed by atoms with van der Waals surface area (Å²) in [5, 5.41) is 2.41. The van der Waals surface area contributed by atoms with E-state index in [-0.39, 0.29) is 10.6 Å². The third kappa shape index (κ3) is 2.45. The molecule has 0 fully saturated rings. The first-order valence-corrected chi connectivity index (χ1v) is 5.54. The molecule has 1 N–H and O–H groups in total. The summed E-state index contributed by atoms with van der Waals surface area (Å²) in [4.78, 5) is 0. The minimum absolute atomic E-state index is 0.0190. The lowest BCUT2D eigenvalue weighted by molar-refractivity contribution is -0.00159. The first-order chi connectivity index (χ1) is 8.04. The molecule has 0 bridgehead atoms. The first-order valence-electron chi connectivity index (χ1n) is 5.16. The van der Waals surface area contributed by atoms with E-state index < -0.39 is 12.5 Å². The van der Waals surface area contributed by atoms with E-state index in [2.05, 4.69) is 5.32 Å². The maximum atomic E-state index is 13.7. The molecule has 1 aliphatic rings. The van der Waals surface area contributed by atoms with Crippen LogP contribution >= 0.6 is 11.6 Å². The van der Waals surface area contributed by atoms with Gasteiger partial charge in [-0.3, -0.25) is 0 Å². The summed E-state index contributed by atoms with van der Waals surface area (Å²) in [5.41, 5.74) is -0.252. The molecule has 1 aromatic rings. The predicted molar refractivity (Wildman–Crippen MR) is 60.3 cm³/mol. The monoisotopic (exact) mass is 263 g/mol. The lowest BCUT2D eigenvalue weighted by Crippen LogP contribution is -2.28. The molecule has 17 heavy (non-hydrogen) atoms. The fraction of sp³-hybridized carbons (Fsp3) is 0.455. The Labute approximate surface area is 103 Å². The van der Waals surface area contributed by atoms with Crippen molar-refractivity contribution >= 4 is 11.6 Å². The van der Waals surface area contributed by atoms with Gasteiger partial charge in [0.25, 0.3) is 5.92 Å². The average molecular weight is 264 g/mol. The van der Waals surface area contributed by atoms with Crippen LogP contribution in [0.3, 0.4) is 0 Å². The second-order valence-electron chi connectivity index (χ2n) is 3.71. The van der Waals surface area contributed by atoms with E-state index in [1.165, 1.54) is 19.2 Å². The first kappa shape index (κ1) is 12.4. The highest BCUT2D eigenvalue weighted by atomic mass is 35.5. The molecule has 0 spiro atoms. The van der Waals surface area contributed by atoms with Crippen molar-refractivity contribution < 1.29 is 18.3 Å². The number of likely N-dealkylation sites (N-methyl/N-ethyl adjacent to an activating group) is 1. The summed E-state index contributed by atoms with van der Waals surface area (Å²) in [6, 6.07) is 2.61. The Morgan fingerprint density at radius 1 is 1.29 bits per heavy atom. The van der Waals surface area contributed by atoms with Gasteiger partial charge in [-0.25, -0.2) is 0 Å². The van der Waals surface area contributed by atoms with Gasteiger partial charge in [-0.2, -0.15) is 8.78 Å². The molecule has 0 amide bonds. The van der Waals surface area contributed by atoms with Crippen molar-refractivity contribution in [2.45, 2.75) is 5.92 Å². The van der Waals surface area contributed by atoms with E-state index in [1.54, 1.807) is 0 Å². The van der Waals surface area contributed by atoms with Gasteiger partial charge in [-0.1, -0.05) is 11.6 Å². The molecular formula is C11H12ClF2NO2. The van der Waals surface area contributed by atoms with E-state index in [9.17, 15) is 8.78 Å². The third-order valence-corrected chi connectivity index (χ3v) is 2.74. The van der Waals surface area contributed by atoms with Crippen molar-refractivity contribution in [1.82, 2.24) is 5.32 Å². The predicted octanol–water partition coefficient (Wildman–Crippen LogP) is 2.42. The number of hydrogen-bond donors (Lipinski definition) is 1. The van der Waals surface area contributed by atoms with Gasteiger partial charge in [0.15, 0.2) is 11.5 Å². The zero-order valence-electron chi connectivity index (χ0n) is 9.23. The Balaban J connectivity index is 2.41. The molecular weight excluding hydrogens is 252 g/mol. The molecule has 0 unspecified atom stereocenters. The Bertz CT molecular complexity index is 426. The number of ether oxygens (including phenoxy) is 2. The molecule has 0 atom stereocenters. The lowest BCUT2D eigenvalue weighted by atomic mass is 10.1. The molecule has 0 saturated carbocycles. The van der Waals surface area contributed by atoms with E-state index in [0.29, 0.717) is 24.7 Å². The maximum absolute atomic E-state index is 13.7. The van der Waals surface area contributed by atoms with Gasteiger partial charge in [-0.05, 0) is 13.1 Å². The molecule has 1 heterocycles. The maximum Gasteiger partial charge on any atom is 0.286 e. The molecule has 1 aromatic carbocycles. The highest BCUT2D eigenvalue weighted by Crippen LogP contribution is 2.41. The van der Waals surface area contributed by atoms with Crippen LogP contribution in [0.25, 0.3) is 0 Å². The Kier molecular flexibility index (Phi) is 3.40. The van der Waals surface area contributed by atoms with Crippen molar-refractivity contribution in [3.63, 3.8) is 0 Å². The van der Waals surface area contributed by atoms with Gasteiger partial charge >= 0.3 is 0 Å². The second kappa shape index (κ2) is 4.66. The van der Waals surface area contributed by atoms with Crippen molar-refractivity contribution in [2.75, 3.05) is 26.8 Å². The van der Waals surface area contributed by atoms with Crippen molar-refractivity contribution in [3.05, 3.63) is 22.7 Å². The van der Waals surface area contributed by atoms with Gasteiger partial charge in [-0.15, -0.1) is 0 Å². The highest BCUT2D eigenvalue weighted by Gasteiger charge is 2.34. The molecule has 94 valence electrons. The van der Waals surface area contributed by atoms with Crippen LogP contribution in [0.15, 0.2) is 12.1 Å². The van der Waals surface area contributed by atoms with E-state index in [4.69, 9.17) is 21.1 Å². The zero-order chi connectivity index (χ0) is 12.5. The van der Waals surface area contributed by atoms with E-state index in [0.717, 1.165) is 0 Å². The third-order valence-electron chi connectivity index (χ3n) is 2.42. The van der Waals surface area contributed by atoms with Crippen molar-refractivity contribution in [1.29, 1.82) is 0 Å². The average Bonchev–Trinajstić information content (AvgIpc) is 2.27. The SMILES string of the molecule is CNCC(F)(F)c1cc2c(cc1Cl)OCCO2. The van der Waals surface area contributed by atoms with E-state index >= 15 is 0 Å². The number of nitrogens with one attached hydrogen (secondary N) is 1. The minimum atomic E-state index is -3.04. The smallest absolute Gasteiger partial charge is 0.286 e. The molecule has 0 aliphatic carbocycles. The highest BCUT2D eigenvalue weighted by molar-refractivity contribution is 6.31. The van der Waals surface area contributed by atoms with Crippen LogP contribution in [0.1, 0.15) is 5.56 Å². The van der Waals surface area contributed by atoms with Crippen LogP contribution in [0.2, 0.25) is 5.02 Å². The summed E-state index contributed by atoms with van der Waals surface area (Å²) in [5.74, 6) is -2.32. The normalized spacial score (nSPS) is 14.8. The molecule has 1 aliphatic heterocycles. The number of fused-ring (bicyclic) bond motifs is 1. The van der Waals surface area contributed by atoms with Gasteiger partial charge in [0.05, 0.1) is 11.6 Å². The van der Waals surface area contributed by atoms with Crippen LogP contribution in [0, 0.1) is 0 Å². The summed E-state index contributed by atoms with van der Waals surface area (Å²) >= 11 is 5.84. The second-order valence-corrected chi connectivity index (χ2v) is 4.12. The summed E-state index contributed by atoms with van der Waals surface area (Å²) in [6.45, 7) is 0.271. The molecule has 6 heteroatoms. The van der Waals surface area contributed by atoms with Crippen LogP contribution in [0.5, 0.6) is 11.5 Å². The van der Waals surface area contributed by atoms with Gasteiger partial charge < -0.3 is 14.8 Å². The van der Waals surface area contributed by atoms with Gasteiger partial charge in [0.1, 0.15) is 13.2 Å². The summed E-state index contributed by atoms with van der Waals surface area (Å²) in [6.07, 6.45) is 0.